The Morgan fingerprint density at radius 2 is 2.27 bits per heavy atom. The summed E-state index contributed by atoms with van der Waals surface area (Å²) in [5.41, 5.74) is 0.639. The standard InChI is InChI=1S/C9H11NO4S/c1-5-3-7(10-6(11)4-14-2)15-8(5)9(12)13/h3H,4H2,1-2H3,(H,10,11)(H,12,13). The second-order valence-electron chi connectivity index (χ2n) is 2.91. The van der Waals surface area contributed by atoms with E-state index in [4.69, 9.17) is 5.11 Å². The SMILES string of the molecule is COCC(=O)Nc1cc(C)c(C(=O)O)s1. The summed E-state index contributed by atoms with van der Waals surface area (Å²) in [6.07, 6.45) is 0. The predicted molar refractivity (Wildman–Crippen MR) is 56.5 cm³/mol. The number of nitrogens with one attached hydrogen (secondary N) is 1. The zero-order chi connectivity index (χ0) is 11.4. The largest absolute Gasteiger partial charge is 0.477 e. The smallest absolute Gasteiger partial charge is 0.346 e. The fraction of sp³-hybridized carbons (Fsp3) is 0.333. The first kappa shape index (κ1) is 11.7. The van der Waals surface area contributed by atoms with E-state index in [2.05, 4.69) is 10.1 Å². The summed E-state index contributed by atoms with van der Waals surface area (Å²) in [5, 5.41) is 11.9. The van der Waals surface area contributed by atoms with E-state index in [9.17, 15) is 9.59 Å². The van der Waals surface area contributed by atoms with Crippen molar-refractivity contribution >= 4 is 28.2 Å². The Balaban J connectivity index is 2.75. The van der Waals surface area contributed by atoms with E-state index in [1.165, 1.54) is 7.11 Å². The lowest BCUT2D eigenvalue weighted by Gasteiger charge is -1.99. The molecule has 2 N–H and O–H groups in total. The summed E-state index contributed by atoms with van der Waals surface area (Å²) in [6, 6.07) is 1.63. The Bertz CT molecular complexity index is 385. The van der Waals surface area contributed by atoms with Crippen LogP contribution < -0.4 is 5.32 Å². The van der Waals surface area contributed by atoms with Crippen LogP contribution in [0.1, 0.15) is 15.2 Å². The normalized spacial score (nSPS) is 10.0. The molecule has 1 aromatic heterocycles. The molecule has 0 fully saturated rings. The molecule has 1 rings (SSSR count). The molecule has 6 heteroatoms. The number of carbonyl (C=O) groups excluding carboxylic acids is 1. The quantitative estimate of drug-likeness (QED) is 0.816. The molecule has 1 aromatic rings. The van der Waals surface area contributed by atoms with Gasteiger partial charge in [-0.15, -0.1) is 11.3 Å². The minimum atomic E-state index is -0.982. The first-order valence-electron chi connectivity index (χ1n) is 4.17. The average Bonchev–Trinajstić information content (AvgIpc) is 2.47. The van der Waals surface area contributed by atoms with Crippen molar-refractivity contribution in [2.45, 2.75) is 6.92 Å². The lowest BCUT2D eigenvalue weighted by molar-refractivity contribution is -0.119. The molecule has 15 heavy (non-hydrogen) atoms. The lowest BCUT2D eigenvalue weighted by Crippen LogP contribution is -2.16. The van der Waals surface area contributed by atoms with Gasteiger partial charge in [0.05, 0.1) is 5.00 Å². The number of ether oxygens (including phenoxy) is 1. The Morgan fingerprint density at radius 1 is 1.60 bits per heavy atom. The number of carboxylic acid groups (broad SMARTS) is 1. The van der Waals surface area contributed by atoms with Gasteiger partial charge in [-0.1, -0.05) is 0 Å². The van der Waals surface area contributed by atoms with Crippen LogP contribution in [0, 0.1) is 6.92 Å². The number of hydrogen-bond acceptors (Lipinski definition) is 4. The van der Waals surface area contributed by atoms with Crippen molar-refractivity contribution in [3.8, 4) is 0 Å². The number of aryl methyl sites for hydroxylation is 1. The first-order chi connectivity index (χ1) is 7.04. The van der Waals surface area contributed by atoms with Crippen LogP contribution >= 0.6 is 11.3 Å². The monoisotopic (exact) mass is 229 g/mol. The third-order valence-electron chi connectivity index (χ3n) is 1.65. The second kappa shape index (κ2) is 4.90. The number of aromatic carboxylic acids is 1. The number of carbonyl (C=O) groups is 2. The Hall–Kier alpha value is -1.40. The molecule has 0 aliphatic carbocycles. The molecule has 0 aromatic carbocycles. The highest BCUT2D eigenvalue weighted by Gasteiger charge is 2.13. The number of anilines is 1. The fourth-order valence-corrected chi connectivity index (χ4v) is 1.99. The van der Waals surface area contributed by atoms with Gasteiger partial charge in [-0.2, -0.15) is 0 Å². The maximum Gasteiger partial charge on any atom is 0.346 e. The van der Waals surface area contributed by atoms with Crippen molar-refractivity contribution in [2.24, 2.45) is 0 Å². The number of hydrogen-bond donors (Lipinski definition) is 2. The van der Waals surface area contributed by atoms with E-state index in [-0.39, 0.29) is 17.4 Å². The predicted octanol–water partition coefficient (Wildman–Crippen LogP) is 1.34. The van der Waals surface area contributed by atoms with Gasteiger partial charge in [0.15, 0.2) is 0 Å². The highest BCUT2D eigenvalue weighted by Crippen LogP contribution is 2.26. The molecule has 1 heterocycles. The molecule has 1 amide bonds. The van der Waals surface area contributed by atoms with E-state index in [1.807, 2.05) is 0 Å². The maximum absolute atomic E-state index is 11.1. The third-order valence-corrected chi connectivity index (χ3v) is 2.79. The molecule has 0 unspecified atom stereocenters. The third kappa shape index (κ3) is 3.03. The van der Waals surface area contributed by atoms with Gasteiger partial charge in [0.2, 0.25) is 0 Å². The van der Waals surface area contributed by atoms with Gasteiger partial charge in [-0.3, -0.25) is 4.79 Å². The number of rotatable bonds is 4. The molecular formula is C9H11NO4S. The van der Waals surface area contributed by atoms with Crippen LogP contribution in [0.2, 0.25) is 0 Å². The number of carboxylic acids is 1. The molecule has 0 atom stereocenters. The molecule has 0 aliphatic heterocycles. The summed E-state index contributed by atoms with van der Waals surface area (Å²) in [5.74, 6) is -1.28. The summed E-state index contributed by atoms with van der Waals surface area (Å²) in [6.45, 7) is 1.64. The lowest BCUT2D eigenvalue weighted by atomic mass is 10.3. The maximum atomic E-state index is 11.1. The first-order valence-corrected chi connectivity index (χ1v) is 4.98. The topological polar surface area (TPSA) is 75.6 Å². The molecule has 82 valence electrons. The van der Waals surface area contributed by atoms with E-state index in [1.54, 1.807) is 13.0 Å². The van der Waals surface area contributed by atoms with Crippen LogP contribution in [-0.4, -0.2) is 30.7 Å². The molecule has 0 bridgehead atoms. The van der Waals surface area contributed by atoms with Crippen LogP contribution in [0.3, 0.4) is 0 Å². The molecule has 0 saturated heterocycles. The van der Waals surface area contributed by atoms with Gasteiger partial charge in [-0.25, -0.2) is 4.79 Å². The highest BCUT2D eigenvalue weighted by atomic mass is 32.1. The van der Waals surface area contributed by atoms with Gasteiger partial charge in [0.1, 0.15) is 11.5 Å². The Morgan fingerprint density at radius 3 is 2.73 bits per heavy atom. The number of methoxy groups -OCH3 is 1. The number of thiophene rings is 1. The highest BCUT2D eigenvalue weighted by molar-refractivity contribution is 7.18. The molecule has 0 saturated carbocycles. The molecule has 5 nitrogen and oxygen atoms in total. The summed E-state index contributed by atoms with van der Waals surface area (Å²) in [7, 11) is 1.42. The molecule has 0 spiro atoms. The Kier molecular flexibility index (Phi) is 3.81. The van der Waals surface area contributed by atoms with Crippen molar-refractivity contribution in [1.82, 2.24) is 0 Å². The van der Waals surface area contributed by atoms with Gasteiger partial charge >= 0.3 is 5.97 Å². The van der Waals surface area contributed by atoms with E-state index < -0.39 is 5.97 Å². The van der Waals surface area contributed by atoms with Crippen molar-refractivity contribution in [1.29, 1.82) is 0 Å². The molecular weight excluding hydrogens is 218 g/mol. The van der Waals surface area contributed by atoms with E-state index in [0.29, 0.717) is 10.6 Å². The summed E-state index contributed by atoms with van der Waals surface area (Å²) in [4.78, 5) is 22.1. The van der Waals surface area contributed by atoms with E-state index >= 15 is 0 Å². The van der Waals surface area contributed by atoms with Crippen molar-refractivity contribution in [2.75, 3.05) is 19.0 Å². The van der Waals surface area contributed by atoms with Crippen LogP contribution in [0.25, 0.3) is 0 Å². The zero-order valence-electron chi connectivity index (χ0n) is 8.36. The molecule has 0 aliphatic rings. The van der Waals surface area contributed by atoms with Crippen LogP contribution in [0.5, 0.6) is 0 Å². The molecule has 0 radical (unpaired) electrons. The van der Waals surface area contributed by atoms with E-state index in [0.717, 1.165) is 11.3 Å². The van der Waals surface area contributed by atoms with Gasteiger partial charge in [0, 0.05) is 7.11 Å². The van der Waals surface area contributed by atoms with Crippen LogP contribution in [-0.2, 0) is 9.53 Å². The zero-order valence-corrected chi connectivity index (χ0v) is 9.18. The number of amides is 1. The summed E-state index contributed by atoms with van der Waals surface area (Å²) >= 11 is 1.03. The van der Waals surface area contributed by atoms with Gasteiger partial charge < -0.3 is 15.2 Å². The second-order valence-corrected chi connectivity index (χ2v) is 3.96. The van der Waals surface area contributed by atoms with Crippen molar-refractivity contribution < 1.29 is 19.4 Å². The van der Waals surface area contributed by atoms with Crippen LogP contribution in [0.15, 0.2) is 6.07 Å². The average molecular weight is 229 g/mol. The fourth-order valence-electron chi connectivity index (χ4n) is 1.06. The summed E-state index contributed by atoms with van der Waals surface area (Å²) < 4.78 is 4.64. The van der Waals surface area contributed by atoms with Crippen molar-refractivity contribution in [3.63, 3.8) is 0 Å². The van der Waals surface area contributed by atoms with Gasteiger partial charge in [0.25, 0.3) is 5.91 Å². The van der Waals surface area contributed by atoms with Gasteiger partial charge in [-0.05, 0) is 18.6 Å². The Labute approximate surface area is 90.7 Å². The minimum absolute atomic E-state index is 0.0423. The minimum Gasteiger partial charge on any atom is -0.477 e. The van der Waals surface area contributed by atoms with Crippen molar-refractivity contribution in [3.05, 3.63) is 16.5 Å². The van der Waals surface area contributed by atoms with Crippen LogP contribution in [0.4, 0.5) is 5.00 Å².